The van der Waals surface area contributed by atoms with Crippen LogP contribution in [0, 0.1) is 6.92 Å². The van der Waals surface area contributed by atoms with Crippen LogP contribution in [0.5, 0.6) is 11.6 Å². The lowest BCUT2D eigenvalue weighted by Gasteiger charge is -2.08. The summed E-state index contributed by atoms with van der Waals surface area (Å²) in [4.78, 5) is 8.01. The third-order valence-electron chi connectivity index (χ3n) is 2.06. The highest BCUT2D eigenvalue weighted by atomic mass is 35.5. The lowest BCUT2D eigenvalue weighted by Crippen LogP contribution is -2.09. The maximum absolute atomic E-state index is 6.01. The van der Waals surface area contributed by atoms with Crippen molar-refractivity contribution < 1.29 is 4.74 Å². The van der Waals surface area contributed by atoms with Crippen molar-refractivity contribution in [3.05, 3.63) is 41.2 Å². The minimum Gasteiger partial charge on any atom is -0.436 e. The summed E-state index contributed by atoms with van der Waals surface area (Å²) in [5.41, 5.74) is 3.44. The molecule has 2 rings (SSSR count). The van der Waals surface area contributed by atoms with E-state index in [1.54, 1.807) is 6.07 Å². The van der Waals surface area contributed by atoms with Gasteiger partial charge in [-0.1, -0.05) is 17.7 Å². The first-order valence-corrected chi connectivity index (χ1v) is 5.29. The monoisotopic (exact) mass is 250 g/mol. The van der Waals surface area contributed by atoms with Gasteiger partial charge in [0.1, 0.15) is 5.75 Å². The highest BCUT2D eigenvalue weighted by Gasteiger charge is 2.05. The van der Waals surface area contributed by atoms with E-state index >= 15 is 0 Å². The fraction of sp³-hybridized carbons (Fsp3) is 0.0909. The summed E-state index contributed by atoms with van der Waals surface area (Å²) < 4.78 is 5.53. The molecule has 0 fully saturated rings. The molecule has 0 bridgehead atoms. The van der Waals surface area contributed by atoms with E-state index in [1.165, 1.54) is 12.4 Å². The Morgan fingerprint density at radius 3 is 2.94 bits per heavy atom. The second kappa shape index (κ2) is 4.99. The highest BCUT2D eigenvalue weighted by Crippen LogP contribution is 2.29. The molecule has 0 atom stereocenters. The molecule has 0 amide bonds. The van der Waals surface area contributed by atoms with Crippen LogP contribution in [0.15, 0.2) is 30.6 Å². The number of benzene rings is 1. The van der Waals surface area contributed by atoms with Crippen LogP contribution >= 0.6 is 11.6 Å². The Balaban J connectivity index is 2.27. The summed E-state index contributed by atoms with van der Waals surface area (Å²) in [6.07, 6.45) is 2.98. The smallest absolute Gasteiger partial charge is 0.239 e. The fourth-order valence-corrected chi connectivity index (χ4v) is 1.42. The molecule has 2 aromatic rings. The third kappa shape index (κ3) is 2.83. The number of aryl methyl sites for hydroxylation is 1. The molecule has 1 aromatic carbocycles. The number of hydrazine groups is 1. The van der Waals surface area contributed by atoms with E-state index in [2.05, 4.69) is 15.4 Å². The number of halogens is 1. The van der Waals surface area contributed by atoms with Crippen LogP contribution in [0.25, 0.3) is 0 Å². The van der Waals surface area contributed by atoms with Crippen molar-refractivity contribution in [2.24, 2.45) is 5.84 Å². The van der Waals surface area contributed by atoms with Gasteiger partial charge in [0.25, 0.3) is 0 Å². The fourth-order valence-electron chi connectivity index (χ4n) is 1.27. The van der Waals surface area contributed by atoms with E-state index in [1.807, 2.05) is 19.1 Å². The van der Waals surface area contributed by atoms with Crippen LogP contribution < -0.4 is 16.0 Å². The van der Waals surface area contributed by atoms with E-state index in [0.717, 1.165) is 5.56 Å². The van der Waals surface area contributed by atoms with Gasteiger partial charge in [-0.3, -0.25) is 4.98 Å². The number of rotatable bonds is 3. The summed E-state index contributed by atoms with van der Waals surface area (Å²) in [5, 5.41) is 0.517. The molecular weight excluding hydrogens is 240 g/mol. The second-order valence-electron chi connectivity index (χ2n) is 3.42. The molecule has 17 heavy (non-hydrogen) atoms. The zero-order valence-corrected chi connectivity index (χ0v) is 9.90. The first-order valence-electron chi connectivity index (χ1n) is 4.91. The van der Waals surface area contributed by atoms with Crippen LogP contribution in [-0.4, -0.2) is 9.97 Å². The number of nitrogen functional groups attached to an aromatic ring is 1. The summed E-state index contributed by atoms with van der Waals surface area (Å²) >= 11 is 6.01. The van der Waals surface area contributed by atoms with Gasteiger partial charge in [-0.25, -0.2) is 5.84 Å². The Morgan fingerprint density at radius 1 is 1.35 bits per heavy atom. The number of aromatic nitrogens is 2. The molecule has 0 radical (unpaired) electrons. The molecule has 88 valence electrons. The van der Waals surface area contributed by atoms with Crippen molar-refractivity contribution in [3.8, 4) is 11.6 Å². The zero-order chi connectivity index (χ0) is 12.3. The number of nitrogens with zero attached hydrogens (tertiary/aromatic N) is 2. The average molecular weight is 251 g/mol. The van der Waals surface area contributed by atoms with Gasteiger partial charge >= 0.3 is 0 Å². The molecule has 0 saturated heterocycles. The Bertz CT molecular complexity index is 533. The van der Waals surface area contributed by atoms with Crippen LogP contribution in [0.1, 0.15) is 5.56 Å². The van der Waals surface area contributed by atoms with Crippen LogP contribution in [0.2, 0.25) is 5.02 Å². The number of anilines is 1. The predicted molar refractivity (Wildman–Crippen MR) is 66.1 cm³/mol. The van der Waals surface area contributed by atoms with Gasteiger partial charge in [0.2, 0.25) is 5.88 Å². The topological polar surface area (TPSA) is 73.1 Å². The number of ether oxygens (including phenoxy) is 1. The third-order valence-corrected chi connectivity index (χ3v) is 2.37. The van der Waals surface area contributed by atoms with E-state index in [0.29, 0.717) is 22.5 Å². The Kier molecular flexibility index (Phi) is 3.41. The van der Waals surface area contributed by atoms with Gasteiger partial charge in [0, 0.05) is 0 Å². The normalized spacial score (nSPS) is 10.1. The van der Waals surface area contributed by atoms with E-state index in [4.69, 9.17) is 22.2 Å². The lowest BCUT2D eigenvalue weighted by molar-refractivity contribution is 0.461. The number of hydrogen-bond donors (Lipinski definition) is 2. The molecule has 3 N–H and O–H groups in total. The van der Waals surface area contributed by atoms with Gasteiger partial charge in [0.15, 0.2) is 5.82 Å². The SMILES string of the molecule is Cc1ccc(Cl)c(Oc2cncc(NN)n2)c1. The first kappa shape index (κ1) is 11.6. The van der Waals surface area contributed by atoms with Gasteiger partial charge < -0.3 is 10.2 Å². The summed E-state index contributed by atoms with van der Waals surface area (Å²) in [6.45, 7) is 1.95. The molecule has 0 unspecified atom stereocenters. The number of nitrogens with two attached hydrogens (primary N) is 1. The van der Waals surface area contributed by atoms with Gasteiger partial charge in [0.05, 0.1) is 17.4 Å². The first-order chi connectivity index (χ1) is 8.19. The van der Waals surface area contributed by atoms with Crippen molar-refractivity contribution in [1.29, 1.82) is 0 Å². The average Bonchev–Trinajstić information content (AvgIpc) is 2.34. The second-order valence-corrected chi connectivity index (χ2v) is 3.83. The van der Waals surface area contributed by atoms with E-state index < -0.39 is 0 Å². The van der Waals surface area contributed by atoms with Crippen molar-refractivity contribution >= 4 is 17.4 Å². The van der Waals surface area contributed by atoms with E-state index in [-0.39, 0.29) is 0 Å². The van der Waals surface area contributed by atoms with Crippen molar-refractivity contribution in [2.45, 2.75) is 6.92 Å². The van der Waals surface area contributed by atoms with Crippen LogP contribution in [0.4, 0.5) is 5.82 Å². The molecule has 0 saturated carbocycles. The molecular formula is C11H11ClN4O. The standard InChI is InChI=1S/C11H11ClN4O/c1-7-2-3-8(12)9(4-7)17-11-6-14-5-10(15-11)16-13/h2-6H,13H2,1H3,(H,15,16). The van der Waals surface area contributed by atoms with Crippen molar-refractivity contribution in [3.63, 3.8) is 0 Å². The molecule has 0 aliphatic carbocycles. The maximum atomic E-state index is 6.01. The molecule has 5 nitrogen and oxygen atoms in total. The Hall–Kier alpha value is -1.85. The minimum atomic E-state index is 0.327. The summed E-state index contributed by atoms with van der Waals surface area (Å²) in [7, 11) is 0. The van der Waals surface area contributed by atoms with Crippen LogP contribution in [0.3, 0.4) is 0 Å². The largest absolute Gasteiger partial charge is 0.436 e. The summed E-state index contributed by atoms with van der Waals surface area (Å²) in [5.74, 6) is 6.52. The predicted octanol–water partition coefficient (Wildman–Crippen LogP) is 2.52. The molecule has 0 spiro atoms. The van der Waals surface area contributed by atoms with Crippen molar-refractivity contribution in [2.75, 3.05) is 5.43 Å². The Morgan fingerprint density at radius 2 is 2.18 bits per heavy atom. The minimum absolute atomic E-state index is 0.327. The lowest BCUT2D eigenvalue weighted by atomic mass is 10.2. The van der Waals surface area contributed by atoms with E-state index in [9.17, 15) is 0 Å². The highest BCUT2D eigenvalue weighted by molar-refractivity contribution is 6.32. The molecule has 6 heteroatoms. The number of hydrogen-bond acceptors (Lipinski definition) is 5. The quantitative estimate of drug-likeness (QED) is 0.647. The van der Waals surface area contributed by atoms with Gasteiger partial charge in [-0.05, 0) is 24.6 Å². The maximum Gasteiger partial charge on any atom is 0.239 e. The molecule has 1 heterocycles. The molecule has 1 aromatic heterocycles. The van der Waals surface area contributed by atoms with Crippen LogP contribution in [-0.2, 0) is 0 Å². The molecule has 0 aliphatic rings. The van der Waals surface area contributed by atoms with Crippen molar-refractivity contribution in [1.82, 2.24) is 9.97 Å². The Labute approximate surface area is 104 Å². The summed E-state index contributed by atoms with van der Waals surface area (Å²) in [6, 6.07) is 5.50. The number of nitrogens with one attached hydrogen (secondary N) is 1. The molecule has 0 aliphatic heterocycles. The van der Waals surface area contributed by atoms with Gasteiger partial charge in [-0.15, -0.1) is 0 Å². The van der Waals surface area contributed by atoms with Gasteiger partial charge in [-0.2, -0.15) is 4.98 Å². The zero-order valence-electron chi connectivity index (χ0n) is 9.14.